The highest BCUT2D eigenvalue weighted by Gasteiger charge is 2.22. The molecule has 2 rings (SSSR count). The van der Waals surface area contributed by atoms with E-state index in [-0.39, 0.29) is 16.6 Å². The molecule has 1 aliphatic rings. The molecule has 0 saturated carbocycles. The number of hydrogen-bond acceptors (Lipinski definition) is 3. The normalized spacial score (nSPS) is 19.4. The molecule has 0 bridgehead atoms. The third kappa shape index (κ3) is 6.76. The van der Waals surface area contributed by atoms with E-state index < -0.39 is 10.8 Å². The molecule has 2 atom stereocenters. The summed E-state index contributed by atoms with van der Waals surface area (Å²) in [5, 5.41) is 6.81. The summed E-state index contributed by atoms with van der Waals surface area (Å²) in [6, 6.07) is 5.26. The van der Waals surface area contributed by atoms with Crippen LogP contribution in [-0.4, -0.2) is 52.9 Å². The van der Waals surface area contributed by atoms with E-state index in [9.17, 15) is 8.60 Å². The molecule has 5 nitrogen and oxygen atoms in total. The molecule has 0 radical (unpaired) electrons. The number of guanidine groups is 1. The van der Waals surface area contributed by atoms with Crippen molar-refractivity contribution in [2.75, 3.05) is 36.8 Å². The Morgan fingerprint density at radius 3 is 2.79 bits per heavy atom. The summed E-state index contributed by atoms with van der Waals surface area (Å²) in [5.74, 6) is 1.14. The average molecular weight is 411 g/mol. The number of halogens is 1. The van der Waals surface area contributed by atoms with Crippen LogP contribution in [-0.2, 0) is 10.8 Å². The van der Waals surface area contributed by atoms with Gasteiger partial charge in [-0.05, 0) is 71.2 Å². The average Bonchev–Trinajstić information content (AvgIpc) is 2.61. The van der Waals surface area contributed by atoms with Crippen molar-refractivity contribution in [1.82, 2.24) is 10.6 Å². The van der Waals surface area contributed by atoms with E-state index in [0.717, 1.165) is 49.7 Å². The van der Waals surface area contributed by atoms with Gasteiger partial charge < -0.3 is 15.5 Å². The van der Waals surface area contributed by atoms with Crippen molar-refractivity contribution in [1.29, 1.82) is 0 Å². The molecule has 2 unspecified atom stereocenters. The molecule has 28 heavy (non-hydrogen) atoms. The molecule has 1 aromatic rings. The smallest absolute Gasteiger partial charge is 0.191 e. The first-order valence-electron chi connectivity index (χ1n) is 10.1. The Hall–Kier alpha value is -1.63. The second-order valence-electron chi connectivity index (χ2n) is 8.28. The van der Waals surface area contributed by atoms with Gasteiger partial charge >= 0.3 is 0 Å². The Labute approximate surface area is 171 Å². The zero-order valence-electron chi connectivity index (χ0n) is 17.8. The van der Waals surface area contributed by atoms with Crippen LogP contribution in [0.1, 0.15) is 46.1 Å². The standard InChI is InChI=1S/C21H35FN4OS/c1-6-23-20(24-11-13-28(27)21(3,4)5)25-18-8-7-12-26(15-18)19-10-9-17(22)14-16(19)2/h9-10,14,18H,6-8,11-13,15H2,1-5H3,(H2,23,24,25). The summed E-state index contributed by atoms with van der Waals surface area (Å²) >= 11 is 0. The van der Waals surface area contributed by atoms with Crippen molar-refractivity contribution < 1.29 is 8.60 Å². The summed E-state index contributed by atoms with van der Waals surface area (Å²) in [6.45, 7) is 13.1. The molecule has 0 aliphatic carbocycles. The van der Waals surface area contributed by atoms with Crippen LogP contribution in [0.2, 0.25) is 0 Å². The molecule has 1 heterocycles. The number of rotatable bonds is 6. The fourth-order valence-electron chi connectivity index (χ4n) is 3.35. The number of piperidine rings is 1. The van der Waals surface area contributed by atoms with Crippen molar-refractivity contribution in [3.63, 3.8) is 0 Å². The highest BCUT2D eigenvalue weighted by Crippen LogP contribution is 2.24. The maximum atomic E-state index is 13.4. The van der Waals surface area contributed by atoms with E-state index in [1.165, 1.54) is 6.07 Å². The molecule has 1 fully saturated rings. The van der Waals surface area contributed by atoms with Crippen LogP contribution in [0.4, 0.5) is 10.1 Å². The van der Waals surface area contributed by atoms with Crippen molar-refractivity contribution in [2.24, 2.45) is 4.99 Å². The van der Waals surface area contributed by atoms with E-state index in [1.54, 1.807) is 6.07 Å². The monoisotopic (exact) mass is 410 g/mol. The lowest BCUT2D eigenvalue weighted by molar-refractivity contribution is 0.467. The topological polar surface area (TPSA) is 56.7 Å². The van der Waals surface area contributed by atoms with Crippen LogP contribution in [0, 0.1) is 12.7 Å². The van der Waals surface area contributed by atoms with Gasteiger partial charge in [0.25, 0.3) is 0 Å². The van der Waals surface area contributed by atoms with Gasteiger partial charge in [-0.2, -0.15) is 0 Å². The zero-order chi connectivity index (χ0) is 20.7. The highest BCUT2D eigenvalue weighted by molar-refractivity contribution is 7.86. The Morgan fingerprint density at radius 2 is 2.14 bits per heavy atom. The summed E-state index contributed by atoms with van der Waals surface area (Å²) in [4.78, 5) is 6.93. The van der Waals surface area contributed by atoms with Crippen LogP contribution >= 0.6 is 0 Å². The van der Waals surface area contributed by atoms with Gasteiger partial charge in [-0.15, -0.1) is 0 Å². The van der Waals surface area contributed by atoms with E-state index in [1.807, 2.05) is 40.7 Å². The summed E-state index contributed by atoms with van der Waals surface area (Å²) in [6.07, 6.45) is 2.14. The Kier molecular flexibility index (Phi) is 8.28. The lowest BCUT2D eigenvalue weighted by atomic mass is 10.0. The maximum Gasteiger partial charge on any atom is 0.191 e. The molecule has 0 amide bonds. The van der Waals surface area contributed by atoms with Crippen LogP contribution < -0.4 is 15.5 Å². The summed E-state index contributed by atoms with van der Waals surface area (Å²) in [5.41, 5.74) is 2.06. The minimum absolute atomic E-state index is 0.192. The van der Waals surface area contributed by atoms with Crippen molar-refractivity contribution in [3.8, 4) is 0 Å². The third-order valence-corrected chi connectivity index (χ3v) is 6.75. The van der Waals surface area contributed by atoms with E-state index in [2.05, 4.69) is 20.5 Å². The lowest BCUT2D eigenvalue weighted by Crippen LogP contribution is -2.51. The minimum atomic E-state index is -0.901. The fourth-order valence-corrected chi connectivity index (χ4v) is 4.22. The largest absolute Gasteiger partial charge is 0.369 e. The molecule has 0 spiro atoms. The zero-order valence-corrected chi connectivity index (χ0v) is 18.7. The Morgan fingerprint density at radius 1 is 1.39 bits per heavy atom. The van der Waals surface area contributed by atoms with Crippen LogP contribution in [0.5, 0.6) is 0 Å². The number of hydrogen-bond donors (Lipinski definition) is 2. The van der Waals surface area contributed by atoms with Gasteiger partial charge in [0.15, 0.2) is 5.96 Å². The molecule has 158 valence electrons. The van der Waals surface area contributed by atoms with Gasteiger partial charge in [-0.25, -0.2) is 4.39 Å². The second kappa shape index (κ2) is 10.2. The summed E-state index contributed by atoms with van der Waals surface area (Å²) in [7, 11) is -0.901. The van der Waals surface area contributed by atoms with Crippen LogP contribution in [0.15, 0.2) is 23.2 Å². The molecular formula is C21H35FN4OS. The van der Waals surface area contributed by atoms with E-state index >= 15 is 0 Å². The Bertz CT molecular complexity index is 702. The van der Waals surface area contributed by atoms with E-state index in [0.29, 0.717) is 12.3 Å². The lowest BCUT2D eigenvalue weighted by Gasteiger charge is -2.36. The molecular weight excluding hydrogens is 375 g/mol. The number of aliphatic imine (C=N–C) groups is 1. The minimum Gasteiger partial charge on any atom is -0.369 e. The predicted octanol–water partition coefficient (Wildman–Crippen LogP) is 3.21. The third-order valence-electron chi connectivity index (χ3n) is 4.84. The van der Waals surface area contributed by atoms with Gasteiger partial charge in [0.1, 0.15) is 5.82 Å². The molecule has 0 aromatic heterocycles. The molecule has 7 heteroatoms. The first-order valence-corrected chi connectivity index (χ1v) is 11.5. The number of anilines is 1. The SMILES string of the molecule is CCNC(=NCCS(=O)C(C)(C)C)NC1CCCN(c2ccc(F)cc2C)C1. The van der Waals surface area contributed by atoms with Gasteiger partial charge in [0, 0.05) is 52.7 Å². The van der Waals surface area contributed by atoms with Crippen LogP contribution in [0.25, 0.3) is 0 Å². The first kappa shape index (κ1) is 22.7. The summed E-state index contributed by atoms with van der Waals surface area (Å²) < 4.78 is 25.4. The van der Waals surface area contributed by atoms with Crippen molar-refractivity contribution in [3.05, 3.63) is 29.6 Å². The quantitative estimate of drug-likeness (QED) is 0.559. The molecule has 1 aromatic carbocycles. The fraction of sp³-hybridized carbons (Fsp3) is 0.667. The maximum absolute atomic E-state index is 13.4. The van der Waals surface area contributed by atoms with E-state index in [4.69, 9.17) is 0 Å². The first-order chi connectivity index (χ1) is 13.2. The molecule has 1 saturated heterocycles. The Balaban J connectivity index is 1.98. The molecule has 1 aliphatic heterocycles. The molecule has 2 N–H and O–H groups in total. The van der Waals surface area contributed by atoms with Crippen LogP contribution in [0.3, 0.4) is 0 Å². The second-order valence-corrected chi connectivity index (χ2v) is 10.6. The predicted molar refractivity (Wildman–Crippen MR) is 118 cm³/mol. The van der Waals surface area contributed by atoms with Crippen molar-refractivity contribution in [2.45, 2.75) is 58.2 Å². The number of aryl methyl sites for hydroxylation is 1. The number of nitrogens with zero attached hydrogens (tertiary/aromatic N) is 2. The van der Waals surface area contributed by atoms with Crippen molar-refractivity contribution >= 4 is 22.4 Å². The number of benzene rings is 1. The highest BCUT2D eigenvalue weighted by atomic mass is 32.2. The van der Waals surface area contributed by atoms with Gasteiger partial charge in [-0.3, -0.25) is 9.20 Å². The van der Waals surface area contributed by atoms with Gasteiger partial charge in [-0.1, -0.05) is 0 Å². The van der Waals surface area contributed by atoms with Gasteiger partial charge in [0.2, 0.25) is 0 Å². The van der Waals surface area contributed by atoms with Gasteiger partial charge in [0.05, 0.1) is 6.54 Å². The number of nitrogens with one attached hydrogen (secondary N) is 2.